The van der Waals surface area contributed by atoms with Crippen molar-refractivity contribution in [3.63, 3.8) is 0 Å². The third kappa shape index (κ3) is 5.60. The number of fused-ring (bicyclic) bond motifs is 1. The van der Waals surface area contributed by atoms with Crippen molar-refractivity contribution in [2.75, 3.05) is 19.0 Å². The lowest BCUT2D eigenvalue weighted by molar-refractivity contribution is -0.139. The maximum absolute atomic E-state index is 13.0. The van der Waals surface area contributed by atoms with E-state index in [9.17, 15) is 14.7 Å². The van der Waals surface area contributed by atoms with E-state index < -0.39 is 17.9 Å². The number of hydrogen-bond donors (Lipinski definition) is 3. The first-order valence-electron chi connectivity index (χ1n) is 11.5. The first-order valence-corrected chi connectivity index (χ1v) is 11.9. The van der Waals surface area contributed by atoms with Gasteiger partial charge in [-0.15, -0.1) is 0 Å². The molecule has 4 aromatic rings. The fourth-order valence-corrected chi connectivity index (χ4v) is 4.39. The largest absolute Gasteiger partial charge is 0.493 e. The van der Waals surface area contributed by atoms with Gasteiger partial charge >= 0.3 is 5.97 Å². The van der Waals surface area contributed by atoms with Gasteiger partial charge in [0.05, 0.1) is 11.6 Å². The van der Waals surface area contributed by atoms with Crippen LogP contribution in [0.25, 0.3) is 10.9 Å². The molecule has 2 aromatic carbocycles. The standard InChI is InChI=1S/C27H27ClN4O4/c1-29-23-9-5-6-18(30-23)14-15-36-19-12-10-17(11-13-19)16-21(27(34)35)31-26(33)25-24(28)20-7-3-4-8-22(20)32(25)2/h3-13,21H,14-16H2,1-2H3,(H,29,30)(H,31,33)(H,34,35)/t21-/m0/s1. The minimum Gasteiger partial charge on any atom is -0.493 e. The third-order valence-electron chi connectivity index (χ3n) is 5.92. The normalized spacial score (nSPS) is 11.8. The van der Waals surface area contributed by atoms with Gasteiger partial charge in [0.1, 0.15) is 23.3 Å². The maximum atomic E-state index is 13.0. The summed E-state index contributed by atoms with van der Waals surface area (Å²) in [5, 5.41) is 16.4. The molecule has 0 saturated carbocycles. The van der Waals surface area contributed by atoms with Gasteiger partial charge in [-0.3, -0.25) is 4.79 Å². The fraction of sp³-hybridized carbons (Fsp3) is 0.222. The summed E-state index contributed by atoms with van der Waals surface area (Å²) < 4.78 is 7.47. The van der Waals surface area contributed by atoms with Crippen molar-refractivity contribution in [1.29, 1.82) is 0 Å². The Morgan fingerprint density at radius 1 is 1.08 bits per heavy atom. The average Bonchev–Trinajstić information content (AvgIpc) is 3.14. The summed E-state index contributed by atoms with van der Waals surface area (Å²) in [5.74, 6) is -0.196. The number of pyridine rings is 1. The number of amides is 1. The van der Waals surface area contributed by atoms with E-state index >= 15 is 0 Å². The van der Waals surface area contributed by atoms with E-state index in [0.29, 0.717) is 23.8 Å². The molecule has 1 atom stereocenters. The Hall–Kier alpha value is -4.04. The molecule has 9 heteroatoms. The molecule has 2 heterocycles. The van der Waals surface area contributed by atoms with Crippen molar-refractivity contribution in [2.24, 2.45) is 7.05 Å². The Balaban J connectivity index is 1.37. The monoisotopic (exact) mass is 506 g/mol. The summed E-state index contributed by atoms with van der Waals surface area (Å²) in [7, 11) is 3.55. The molecule has 0 aliphatic rings. The van der Waals surface area contributed by atoms with E-state index in [4.69, 9.17) is 16.3 Å². The number of aliphatic carboxylic acids is 1. The number of anilines is 1. The molecule has 0 aliphatic carbocycles. The number of halogens is 1. The lowest BCUT2D eigenvalue weighted by Gasteiger charge is -2.16. The third-order valence-corrected chi connectivity index (χ3v) is 6.30. The van der Waals surface area contributed by atoms with Gasteiger partial charge in [-0.25, -0.2) is 9.78 Å². The van der Waals surface area contributed by atoms with E-state index in [2.05, 4.69) is 15.6 Å². The number of aryl methyl sites for hydroxylation is 1. The van der Waals surface area contributed by atoms with Crippen molar-refractivity contribution in [2.45, 2.75) is 18.9 Å². The van der Waals surface area contributed by atoms with Gasteiger partial charge in [0.2, 0.25) is 0 Å². The van der Waals surface area contributed by atoms with Crippen LogP contribution in [0.3, 0.4) is 0 Å². The number of carbonyl (C=O) groups is 2. The van der Waals surface area contributed by atoms with Crippen molar-refractivity contribution in [3.8, 4) is 5.75 Å². The van der Waals surface area contributed by atoms with Gasteiger partial charge < -0.3 is 25.0 Å². The number of hydrogen-bond acceptors (Lipinski definition) is 5. The van der Waals surface area contributed by atoms with E-state index in [-0.39, 0.29) is 12.1 Å². The summed E-state index contributed by atoms with van der Waals surface area (Å²) in [6.45, 7) is 0.457. The number of nitrogens with one attached hydrogen (secondary N) is 2. The number of ether oxygens (including phenoxy) is 1. The molecule has 8 nitrogen and oxygen atoms in total. The van der Waals surface area contributed by atoms with Gasteiger partial charge in [0.25, 0.3) is 5.91 Å². The second-order valence-corrected chi connectivity index (χ2v) is 8.69. The lowest BCUT2D eigenvalue weighted by Crippen LogP contribution is -2.43. The molecule has 0 bridgehead atoms. The molecule has 0 aliphatic heterocycles. The minimum atomic E-state index is -1.13. The van der Waals surface area contributed by atoms with Crippen LogP contribution in [0.15, 0.2) is 66.7 Å². The second kappa shape index (κ2) is 11.1. The summed E-state index contributed by atoms with van der Waals surface area (Å²) in [6.07, 6.45) is 0.769. The van der Waals surface area contributed by atoms with Crippen LogP contribution >= 0.6 is 11.6 Å². The highest BCUT2D eigenvalue weighted by Crippen LogP contribution is 2.29. The number of nitrogens with zero attached hydrogens (tertiary/aromatic N) is 2. The first-order chi connectivity index (χ1) is 17.4. The minimum absolute atomic E-state index is 0.115. The Kier molecular flexibility index (Phi) is 7.75. The Labute approximate surface area is 213 Å². The molecule has 0 unspecified atom stereocenters. The van der Waals surface area contributed by atoms with Crippen molar-refractivity contribution < 1.29 is 19.4 Å². The average molecular weight is 507 g/mol. The van der Waals surface area contributed by atoms with Gasteiger partial charge in [-0.2, -0.15) is 0 Å². The van der Waals surface area contributed by atoms with Gasteiger partial charge in [0, 0.05) is 43.5 Å². The number of carbonyl (C=O) groups excluding carboxylic acids is 1. The lowest BCUT2D eigenvalue weighted by atomic mass is 10.1. The quantitative estimate of drug-likeness (QED) is 0.296. The summed E-state index contributed by atoms with van der Waals surface area (Å²) in [6, 6.07) is 19.2. The number of benzene rings is 2. The predicted octanol–water partition coefficient (Wildman–Crippen LogP) is 4.32. The van der Waals surface area contributed by atoms with Crippen LogP contribution in [0.5, 0.6) is 5.75 Å². The van der Waals surface area contributed by atoms with Gasteiger partial charge in [0.15, 0.2) is 0 Å². The number of rotatable bonds is 10. The highest BCUT2D eigenvalue weighted by atomic mass is 35.5. The summed E-state index contributed by atoms with van der Waals surface area (Å²) in [5.41, 5.74) is 2.69. The highest BCUT2D eigenvalue weighted by Gasteiger charge is 2.25. The zero-order valence-corrected chi connectivity index (χ0v) is 20.7. The molecule has 4 rings (SSSR count). The first kappa shape index (κ1) is 25.1. The number of para-hydroxylation sites is 1. The van der Waals surface area contributed by atoms with Gasteiger partial charge in [-0.1, -0.05) is 48.0 Å². The SMILES string of the molecule is CNc1cccc(CCOc2ccc(C[C@H](NC(=O)c3c(Cl)c4ccccc4n3C)C(=O)O)cc2)n1. The predicted molar refractivity (Wildman–Crippen MR) is 140 cm³/mol. The molecule has 2 aromatic heterocycles. The molecular formula is C27H27ClN4O4. The molecule has 3 N–H and O–H groups in total. The topological polar surface area (TPSA) is 105 Å². The Morgan fingerprint density at radius 3 is 2.53 bits per heavy atom. The van der Waals surface area contributed by atoms with Crippen LogP contribution in [0.4, 0.5) is 5.82 Å². The van der Waals surface area contributed by atoms with Crippen LogP contribution in [-0.2, 0) is 24.7 Å². The molecule has 0 spiro atoms. The number of carboxylic acids is 1. The highest BCUT2D eigenvalue weighted by molar-refractivity contribution is 6.38. The molecule has 0 saturated heterocycles. The molecule has 186 valence electrons. The Bertz CT molecular complexity index is 1350. The van der Waals surface area contributed by atoms with Crippen molar-refractivity contribution in [1.82, 2.24) is 14.9 Å². The summed E-state index contributed by atoms with van der Waals surface area (Å²) >= 11 is 6.44. The maximum Gasteiger partial charge on any atom is 0.326 e. The Morgan fingerprint density at radius 2 is 1.83 bits per heavy atom. The van der Waals surface area contributed by atoms with E-state index in [1.54, 1.807) is 35.9 Å². The smallest absolute Gasteiger partial charge is 0.326 e. The molecule has 0 radical (unpaired) electrons. The fourth-order valence-electron chi connectivity index (χ4n) is 4.01. The van der Waals surface area contributed by atoms with Gasteiger partial charge in [-0.05, 0) is 35.9 Å². The molecular weight excluding hydrogens is 480 g/mol. The van der Waals surface area contributed by atoms with E-state index in [0.717, 1.165) is 28.0 Å². The molecule has 1 amide bonds. The zero-order chi connectivity index (χ0) is 25.7. The molecule has 0 fully saturated rings. The van der Waals surface area contributed by atoms with Crippen LogP contribution in [0.2, 0.25) is 5.02 Å². The van der Waals surface area contributed by atoms with Crippen LogP contribution in [0, 0.1) is 0 Å². The van der Waals surface area contributed by atoms with Crippen LogP contribution in [-0.4, -0.2) is 46.2 Å². The van der Waals surface area contributed by atoms with Crippen LogP contribution < -0.4 is 15.4 Å². The zero-order valence-electron chi connectivity index (χ0n) is 20.0. The molecule has 36 heavy (non-hydrogen) atoms. The van der Waals surface area contributed by atoms with Crippen molar-refractivity contribution in [3.05, 3.63) is 88.7 Å². The number of carboxylic acid groups (broad SMARTS) is 1. The number of aromatic nitrogens is 2. The van der Waals surface area contributed by atoms with Crippen LogP contribution in [0.1, 0.15) is 21.7 Å². The summed E-state index contributed by atoms with van der Waals surface area (Å²) in [4.78, 5) is 29.4. The second-order valence-electron chi connectivity index (χ2n) is 8.31. The van der Waals surface area contributed by atoms with E-state index in [1.165, 1.54) is 0 Å². The van der Waals surface area contributed by atoms with Crippen molar-refractivity contribution >= 4 is 40.2 Å². The van der Waals surface area contributed by atoms with E-state index in [1.807, 2.05) is 49.5 Å².